The van der Waals surface area contributed by atoms with Crippen LogP contribution >= 0.6 is 12.4 Å². The van der Waals surface area contributed by atoms with Gasteiger partial charge in [0.05, 0.1) is 24.0 Å². The van der Waals surface area contributed by atoms with E-state index in [0.29, 0.717) is 30.6 Å². The zero-order valence-corrected chi connectivity index (χ0v) is 18.1. The van der Waals surface area contributed by atoms with Crippen LogP contribution in [-0.4, -0.2) is 77.0 Å². The lowest BCUT2D eigenvalue weighted by molar-refractivity contribution is 0.146. The van der Waals surface area contributed by atoms with E-state index in [1.807, 2.05) is 31.2 Å². The molecule has 3 aromatic rings. The average molecular weight is 436 g/mol. The van der Waals surface area contributed by atoms with Crippen molar-refractivity contribution in [3.8, 4) is 23.0 Å². The number of aryl methyl sites for hydroxylation is 1. The fourth-order valence-electron chi connectivity index (χ4n) is 3.17. The second-order valence-corrected chi connectivity index (χ2v) is 6.92. The van der Waals surface area contributed by atoms with Gasteiger partial charge < -0.3 is 19.3 Å². The second kappa shape index (κ2) is 9.98. The number of likely N-dealkylation sites (N-methyl/N-ethyl adjacent to an activating group) is 1. The van der Waals surface area contributed by atoms with Crippen LogP contribution in [-0.2, 0) is 4.74 Å². The van der Waals surface area contributed by atoms with Crippen LogP contribution in [0.4, 0.5) is 0 Å². The maximum absolute atomic E-state index is 5.59. The van der Waals surface area contributed by atoms with Gasteiger partial charge in [0.1, 0.15) is 12.4 Å². The van der Waals surface area contributed by atoms with E-state index in [1.54, 1.807) is 11.9 Å². The highest BCUT2D eigenvalue weighted by Crippen LogP contribution is 2.24. The van der Waals surface area contributed by atoms with E-state index in [9.17, 15) is 0 Å². The lowest BCUT2D eigenvalue weighted by Gasteiger charge is -2.30. The quantitative estimate of drug-likeness (QED) is 0.554. The van der Waals surface area contributed by atoms with Crippen LogP contribution in [0.3, 0.4) is 0 Å². The van der Waals surface area contributed by atoms with E-state index in [1.165, 1.54) is 0 Å². The van der Waals surface area contributed by atoms with Gasteiger partial charge in [0, 0.05) is 26.7 Å². The topological polar surface area (TPSA) is 103 Å². The SMILES string of the molecule is COCCOc1ccc(-n2nc(C)c(-c3nc(C4CNCCN4C)no3)n2)cc1.Cl. The summed E-state index contributed by atoms with van der Waals surface area (Å²) in [4.78, 5) is 8.34. The molecule has 10 nitrogen and oxygen atoms in total. The first-order valence-electron chi connectivity index (χ1n) is 9.57. The Labute approximate surface area is 180 Å². The van der Waals surface area contributed by atoms with Gasteiger partial charge in [0.15, 0.2) is 11.5 Å². The minimum absolute atomic E-state index is 0. The summed E-state index contributed by atoms with van der Waals surface area (Å²) >= 11 is 0. The van der Waals surface area contributed by atoms with Gasteiger partial charge in [-0.2, -0.15) is 14.9 Å². The van der Waals surface area contributed by atoms with Crippen molar-refractivity contribution in [2.45, 2.75) is 13.0 Å². The highest BCUT2D eigenvalue weighted by Gasteiger charge is 2.26. The van der Waals surface area contributed by atoms with Crippen LogP contribution in [0.5, 0.6) is 5.75 Å². The monoisotopic (exact) mass is 435 g/mol. The van der Waals surface area contributed by atoms with Crippen molar-refractivity contribution in [2.24, 2.45) is 0 Å². The van der Waals surface area contributed by atoms with E-state index in [2.05, 4.69) is 37.6 Å². The van der Waals surface area contributed by atoms with Gasteiger partial charge in [-0.05, 0) is 38.2 Å². The molecule has 0 spiro atoms. The molecule has 1 aliphatic heterocycles. The lowest BCUT2D eigenvalue weighted by Crippen LogP contribution is -2.44. The maximum atomic E-state index is 5.59. The number of hydrogen-bond acceptors (Lipinski definition) is 9. The molecule has 1 saturated heterocycles. The predicted molar refractivity (Wildman–Crippen MR) is 112 cm³/mol. The normalized spacial score (nSPS) is 17.0. The Hall–Kier alpha value is -2.53. The highest BCUT2D eigenvalue weighted by atomic mass is 35.5. The van der Waals surface area contributed by atoms with Gasteiger partial charge in [-0.25, -0.2) is 0 Å². The molecule has 162 valence electrons. The summed E-state index contributed by atoms with van der Waals surface area (Å²) in [7, 11) is 3.71. The summed E-state index contributed by atoms with van der Waals surface area (Å²) in [5.74, 6) is 1.80. The van der Waals surface area contributed by atoms with Gasteiger partial charge in [-0.1, -0.05) is 5.16 Å². The van der Waals surface area contributed by atoms with Crippen LogP contribution in [0.15, 0.2) is 28.8 Å². The van der Waals surface area contributed by atoms with Gasteiger partial charge in [0.2, 0.25) is 0 Å². The zero-order chi connectivity index (χ0) is 20.2. The Morgan fingerprint density at radius 2 is 2.00 bits per heavy atom. The molecule has 30 heavy (non-hydrogen) atoms. The number of piperazine rings is 1. The summed E-state index contributed by atoms with van der Waals surface area (Å²) in [6.45, 7) is 5.61. The number of rotatable bonds is 7. The molecule has 0 aliphatic carbocycles. The molecule has 1 unspecified atom stereocenters. The smallest absolute Gasteiger partial charge is 0.280 e. The Morgan fingerprint density at radius 1 is 1.20 bits per heavy atom. The van der Waals surface area contributed by atoms with Crippen LogP contribution in [0.1, 0.15) is 17.6 Å². The number of halogens is 1. The summed E-state index contributed by atoms with van der Waals surface area (Å²) in [5, 5.41) is 16.6. The molecule has 1 fully saturated rings. The summed E-state index contributed by atoms with van der Waals surface area (Å²) in [6, 6.07) is 7.63. The molecule has 3 heterocycles. The van der Waals surface area contributed by atoms with Crippen molar-refractivity contribution in [1.82, 2.24) is 35.4 Å². The third kappa shape index (κ3) is 4.78. The van der Waals surface area contributed by atoms with Crippen LogP contribution in [0, 0.1) is 6.92 Å². The third-order valence-corrected chi connectivity index (χ3v) is 4.86. The fraction of sp³-hybridized carbons (Fsp3) is 0.474. The number of aromatic nitrogens is 5. The van der Waals surface area contributed by atoms with E-state index in [-0.39, 0.29) is 18.4 Å². The number of benzene rings is 1. The molecule has 1 aliphatic rings. The van der Waals surface area contributed by atoms with E-state index < -0.39 is 0 Å². The molecule has 1 atom stereocenters. The second-order valence-electron chi connectivity index (χ2n) is 6.92. The molecule has 0 saturated carbocycles. The summed E-state index contributed by atoms with van der Waals surface area (Å²) in [5.41, 5.74) is 2.11. The molecule has 11 heteroatoms. The average Bonchev–Trinajstić information content (AvgIpc) is 3.36. The molecular formula is C19H26ClN7O3. The number of nitrogens with one attached hydrogen (secondary N) is 1. The van der Waals surface area contributed by atoms with Crippen molar-refractivity contribution >= 4 is 12.4 Å². The van der Waals surface area contributed by atoms with Crippen molar-refractivity contribution in [1.29, 1.82) is 0 Å². The zero-order valence-electron chi connectivity index (χ0n) is 17.2. The molecule has 0 bridgehead atoms. The van der Waals surface area contributed by atoms with E-state index in [0.717, 1.165) is 36.8 Å². The maximum Gasteiger partial charge on any atom is 0.280 e. The molecule has 1 N–H and O–H groups in total. The van der Waals surface area contributed by atoms with Crippen molar-refractivity contribution < 1.29 is 14.0 Å². The van der Waals surface area contributed by atoms with Crippen LogP contribution in [0.2, 0.25) is 0 Å². The third-order valence-electron chi connectivity index (χ3n) is 4.86. The minimum Gasteiger partial charge on any atom is -0.491 e. The van der Waals surface area contributed by atoms with Crippen LogP contribution < -0.4 is 10.1 Å². The molecule has 2 aromatic heterocycles. The van der Waals surface area contributed by atoms with Crippen molar-refractivity contribution in [3.63, 3.8) is 0 Å². The van der Waals surface area contributed by atoms with Crippen molar-refractivity contribution in [3.05, 3.63) is 35.8 Å². The molecule has 0 radical (unpaired) electrons. The first-order valence-corrected chi connectivity index (χ1v) is 9.57. The Bertz CT molecular complexity index is 944. The summed E-state index contributed by atoms with van der Waals surface area (Å²) < 4.78 is 16.1. The van der Waals surface area contributed by atoms with Gasteiger partial charge >= 0.3 is 0 Å². The number of hydrogen-bond donors (Lipinski definition) is 1. The van der Waals surface area contributed by atoms with Gasteiger partial charge in [0.25, 0.3) is 5.89 Å². The van der Waals surface area contributed by atoms with E-state index >= 15 is 0 Å². The Morgan fingerprint density at radius 3 is 2.73 bits per heavy atom. The number of methoxy groups -OCH3 is 1. The van der Waals surface area contributed by atoms with Gasteiger partial charge in [-0.15, -0.1) is 17.5 Å². The van der Waals surface area contributed by atoms with Gasteiger partial charge in [-0.3, -0.25) is 4.90 Å². The molecular weight excluding hydrogens is 410 g/mol. The largest absolute Gasteiger partial charge is 0.491 e. The fourth-order valence-corrected chi connectivity index (χ4v) is 3.17. The minimum atomic E-state index is 0. The Balaban J connectivity index is 0.00000256. The number of nitrogens with zero attached hydrogens (tertiary/aromatic N) is 6. The standard InChI is InChI=1S/C19H25N7O3.ClH/c1-13-17(19-21-18(24-29-19)16-12-20-8-9-25(16)2)23-26(22-13)14-4-6-15(7-5-14)28-11-10-27-3;/h4-7,16,20H,8-12H2,1-3H3;1H. The first-order chi connectivity index (χ1) is 14.2. The Kier molecular flexibility index (Phi) is 7.38. The first kappa shape index (κ1) is 22.2. The molecule has 4 rings (SSSR count). The molecule has 1 aromatic carbocycles. The predicted octanol–water partition coefficient (Wildman–Crippen LogP) is 1.65. The molecule has 0 amide bonds. The van der Waals surface area contributed by atoms with Crippen LogP contribution in [0.25, 0.3) is 17.3 Å². The lowest BCUT2D eigenvalue weighted by atomic mass is 10.2. The van der Waals surface area contributed by atoms with Crippen molar-refractivity contribution in [2.75, 3.05) is 47.0 Å². The summed E-state index contributed by atoms with van der Waals surface area (Å²) in [6.07, 6.45) is 0. The highest BCUT2D eigenvalue weighted by molar-refractivity contribution is 5.85. The van der Waals surface area contributed by atoms with E-state index in [4.69, 9.17) is 14.0 Å². The number of ether oxygens (including phenoxy) is 2.